The van der Waals surface area contributed by atoms with Crippen LogP contribution >= 0.6 is 0 Å². The van der Waals surface area contributed by atoms with Crippen LogP contribution in [0.15, 0.2) is 52.3 Å². The second-order valence-corrected chi connectivity index (χ2v) is 7.30. The standard InChI is InChI=1S/C21H18N6O3/c22-20-25-18(12-8-11-4-1-2-5-13(11)23-19(12)28)27-15-10-17-16(29-6-3-7-30-17)9-14(15)24-21(27)26-20/h1-2,4-5,8-10,18H,3,6-7H2,(H,23,28)(H3,22,24,25,26)/t18-/m1/s1. The fourth-order valence-corrected chi connectivity index (χ4v) is 3.99. The van der Waals surface area contributed by atoms with Crippen molar-refractivity contribution in [1.82, 2.24) is 14.5 Å². The zero-order valence-electron chi connectivity index (χ0n) is 15.9. The Bertz CT molecular complexity index is 1400. The number of para-hydroxylation sites is 1. The molecular weight excluding hydrogens is 384 g/mol. The highest BCUT2D eigenvalue weighted by molar-refractivity contribution is 5.95. The number of benzene rings is 2. The number of fused-ring (bicyclic) bond motifs is 5. The number of guanidine groups is 1. The number of rotatable bonds is 1. The molecule has 0 spiro atoms. The van der Waals surface area contributed by atoms with Gasteiger partial charge in [0.15, 0.2) is 23.6 Å². The minimum Gasteiger partial charge on any atom is -0.489 e. The largest absolute Gasteiger partial charge is 0.489 e. The molecule has 1 atom stereocenters. The van der Waals surface area contributed by atoms with Gasteiger partial charge in [0.25, 0.3) is 5.56 Å². The van der Waals surface area contributed by atoms with Crippen molar-refractivity contribution in [3.63, 3.8) is 0 Å². The Balaban J connectivity index is 1.59. The third kappa shape index (κ3) is 2.52. The maximum absolute atomic E-state index is 12.9. The SMILES string of the molecule is NC1=N[C@@H](c2cc3ccccc3[nH]c2=O)n2c(nc3cc4c(cc32)OCCCO4)N1. The first kappa shape index (κ1) is 16.9. The number of nitrogens with one attached hydrogen (secondary N) is 2. The third-order valence-corrected chi connectivity index (χ3v) is 5.36. The van der Waals surface area contributed by atoms with Crippen LogP contribution in [-0.4, -0.2) is 33.7 Å². The average Bonchev–Trinajstić information content (AvgIpc) is 2.92. The highest BCUT2D eigenvalue weighted by Gasteiger charge is 2.28. The molecule has 2 aromatic heterocycles. The van der Waals surface area contributed by atoms with Gasteiger partial charge in [-0.25, -0.2) is 9.98 Å². The van der Waals surface area contributed by atoms with Crippen molar-refractivity contribution >= 4 is 33.8 Å². The maximum atomic E-state index is 12.9. The fourth-order valence-electron chi connectivity index (χ4n) is 3.99. The van der Waals surface area contributed by atoms with Gasteiger partial charge in [0.2, 0.25) is 5.95 Å². The summed E-state index contributed by atoms with van der Waals surface area (Å²) in [4.78, 5) is 25.0. The average molecular weight is 402 g/mol. The number of nitrogens with zero attached hydrogens (tertiary/aromatic N) is 3. The lowest BCUT2D eigenvalue weighted by atomic mass is 10.1. The van der Waals surface area contributed by atoms with Crippen LogP contribution in [0.4, 0.5) is 5.95 Å². The van der Waals surface area contributed by atoms with Crippen LogP contribution in [0, 0.1) is 0 Å². The molecule has 4 heterocycles. The van der Waals surface area contributed by atoms with Crippen molar-refractivity contribution in [2.45, 2.75) is 12.6 Å². The monoisotopic (exact) mass is 402 g/mol. The van der Waals surface area contributed by atoms with Crippen LogP contribution in [0.3, 0.4) is 0 Å². The van der Waals surface area contributed by atoms with Gasteiger partial charge in [-0.05, 0) is 17.5 Å². The summed E-state index contributed by atoms with van der Waals surface area (Å²) in [7, 11) is 0. The van der Waals surface area contributed by atoms with Crippen LogP contribution in [0.2, 0.25) is 0 Å². The quantitative estimate of drug-likeness (QED) is 0.450. The summed E-state index contributed by atoms with van der Waals surface area (Å²) < 4.78 is 13.5. The van der Waals surface area contributed by atoms with Gasteiger partial charge in [-0.2, -0.15) is 0 Å². The number of aliphatic imine (C=N–C) groups is 1. The van der Waals surface area contributed by atoms with Crippen molar-refractivity contribution in [3.8, 4) is 11.5 Å². The normalized spacial score (nSPS) is 17.9. The third-order valence-electron chi connectivity index (χ3n) is 5.36. The molecule has 4 N–H and O–H groups in total. The highest BCUT2D eigenvalue weighted by Crippen LogP contribution is 2.38. The minimum atomic E-state index is -0.663. The van der Waals surface area contributed by atoms with Crippen molar-refractivity contribution in [2.24, 2.45) is 10.7 Å². The van der Waals surface area contributed by atoms with E-state index in [2.05, 4.69) is 20.3 Å². The second-order valence-electron chi connectivity index (χ2n) is 7.30. The van der Waals surface area contributed by atoms with Crippen molar-refractivity contribution in [2.75, 3.05) is 18.5 Å². The summed E-state index contributed by atoms with van der Waals surface area (Å²) in [5, 5.41) is 3.91. The molecule has 6 rings (SSSR count). The number of hydrogen-bond donors (Lipinski definition) is 3. The van der Waals surface area contributed by atoms with E-state index in [1.807, 2.05) is 47.0 Å². The van der Waals surface area contributed by atoms with Crippen LogP contribution in [0.25, 0.3) is 21.9 Å². The molecule has 0 saturated heterocycles. The number of H-pyrrole nitrogens is 1. The molecule has 0 unspecified atom stereocenters. The van der Waals surface area contributed by atoms with Crippen LogP contribution in [-0.2, 0) is 0 Å². The van der Waals surface area contributed by atoms with E-state index in [1.165, 1.54) is 0 Å². The minimum absolute atomic E-state index is 0.199. The van der Waals surface area contributed by atoms with Crippen molar-refractivity contribution in [3.05, 3.63) is 58.4 Å². The van der Waals surface area contributed by atoms with E-state index in [0.29, 0.717) is 41.7 Å². The molecule has 30 heavy (non-hydrogen) atoms. The number of hydrogen-bond acceptors (Lipinski definition) is 7. The van der Waals surface area contributed by atoms with E-state index >= 15 is 0 Å². The molecule has 150 valence electrons. The highest BCUT2D eigenvalue weighted by atomic mass is 16.5. The molecular formula is C21H18N6O3. The van der Waals surface area contributed by atoms with Gasteiger partial charge in [-0.15, -0.1) is 0 Å². The Labute approximate surface area is 170 Å². The predicted molar refractivity (Wildman–Crippen MR) is 113 cm³/mol. The summed E-state index contributed by atoms with van der Waals surface area (Å²) in [6, 6.07) is 13.2. The zero-order valence-corrected chi connectivity index (χ0v) is 15.9. The van der Waals surface area contributed by atoms with Gasteiger partial charge in [-0.3, -0.25) is 14.7 Å². The first-order valence-electron chi connectivity index (χ1n) is 9.71. The first-order chi connectivity index (χ1) is 14.7. The lowest BCUT2D eigenvalue weighted by Crippen LogP contribution is -2.33. The Morgan fingerprint density at radius 3 is 2.77 bits per heavy atom. The van der Waals surface area contributed by atoms with E-state index in [0.717, 1.165) is 22.8 Å². The summed E-state index contributed by atoms with van der Waals surface area (Å²) in [5.41, 5.74) is 8.53. The molecule has 0 saturated carbocycles. The second kappa shape index (κ2) is 6.24. The van der Waals surface area contributed by atoms with Crippen molar-refractivity contribution < 1.29 is 9.47 Å². The molecule has 2 aliphatic rings. The predicted octanol–water partition coefficient (Wildman–Crippen LogP) is 2.33. The number of imidazole rings is 1. The molecule has 4 aromatic rings. The number of nitrogens with two attached hydrogens (primary N) is 1. The van der Waals surface area contributed by atoms with Gasteiger partial charge >= 0.3 is 0 Å². The number of pyridine rings is 1. The van der Waals surface area contributed by atoms with Crippen molar-refractivity contribution in [1.29, 1.82) is 0 Å². The molecule has 0 fully saturated rings. The maximum Gasteiger partial charge on any atom is 0.255 e. The topological polar surface area (TPSA) is 120 Å². The molecule has 2 aromatic carbocycles. The molecule has 9 nitrogen and oxygen atoms in total. The van der Waals surface area contributed by atoms with E-state index in [9.17, 15) is 4.79 Å². The summed E-state index contributed by atoms with van der Waals surface area (Å²) >= 11 is 0. The fraction of sp³-hybridized carbons (Fsp3) is 0.190. The molecule has 0 aliphatic carbocycles. The van der Waals surface area contributed by atoms with Gasteiger partial charge in [0.05, 0.1) is 29.8 Å². The van der Waals surface area contributed by atoms with Crippen LogP contribution in [0.5, 0.6) is 11.5 Å². The number of aromatic amines is 1. The van der Waals surface area contributed by atoms with E-state index < -0.39 is 6.17 Å². The van der Waals surface area contributed by atoms with Gasteiger partial charge in [-0.1, -0.05) is 18.2 Å². The van der Waals surface area contributed by atoms with Gasteiger partial charge in [0, 0.05) is 24.1 Å². The lowest BCUT2D eigenvalue weighted by molar-refractivity contribution is 0.297. The first-order valence-corrected chi connectivity index (χ1v) is 9.71. The summed E-state index contributed by atoms with van der Waals surface area (Å²) in [5.74, 6) is 2.01. The number of ether oxygens (including phenoxy) is 2. The zero-order chi connectivity index (χ0) is 20.2. The molecule has 9 heteroatoms. The number of anilines is 1. The number of aromatic nitrogens is 3. The Kier molecular flexibility index (Phi) is 3.52. The van der Waals surface area contributed by atoms with Gasteiger partial charge in [0.1, 0.15) is 0 Å². The smallest absolute Gasteiger partial charge is 0.255 e. The van der Waals surface area contributed by atoms with E-state index in [1.54, 1.807) is 0 Å². The summed E-state index contributed by atoms with van der Waals surface area (Å²) in [6.45, 7) is 1.17. The van der Waals surface area contributed by atoms with E-state index in [4.69, 9.17) is 15.2 Å². The summed E-state index contributed by atoms with van der Waals surface area (Å²) in [6.07, 6.45) is 0.152. The Morgan fingerprint density at radius 2 is 1.90 bits per heavy atom. The van der Waals surface area contributed by atoms with Crippen LogP contribution in [0.1, 0.15) is 18.2 Å². The molecule has 0 amide bonds. The lowest BCUT2D eigenvalue weighted by Gasteiger charge is -2.23. The Morgan fingerprint density at radius 1 is 1.10 bits per heavy atom. The van der Waals surface area contributed by atoms with Crippen LogP contribution < -0.4 is 26.1 Å². The van der Waals surface area contributed by atoms with Gasteiger partial charge < -0.3 is 20.2 Å². The molecule has 0 bridgehead atoms. The molecule has 2 aliphatic heterocycles. The molecule has 0 radical (unpaired) electrons. The van der Waals surface area contributed by atoms with E-state index in [-0.39, 0.29) is 11.5 Å². The Hall–Kier alpha value is -4.01.